The lowest BCUT2D eigenvalue weighted by Gasteiger charge is -1.99. The van der Waals surface area contributed by atoms with Gasteiger partial charge in [0.25, 0.3) is 0 Å². The Hall–Kier alpha value is -0.280. The van der Waals surface area contributed by atoms with Gasteiger partial charge >= 0.3 is 0 Å². The summed E-state index contributed by atoms with van der Waals surface area (Å²) in [5, 5.41) is 16.8. The van der Waals surface area contributed by atoms with E-state index in [4.69, 9.17) is 10.5 Å². The molecule has 0 aliphatic carbocycles. The predicted molar refractivity (Wildman–Crippen MR) is 37.5 cm³/mol. The van der Waals surface area contributed by atoms with Gasteiger partial charge in [-0.25, -0.2) is 0 Å². The Morgan fingerprint density at radius 1 is 1.88 bits per heavy atom. The van der Waals surface area contributed by atoms with E-state index in [1.54, 1.807) is 6.92 Å². The van der Waals surface area contributed by atoms with Crippen LogP contribution in [0.2, 0.25) is 0 Å². The molecule has 0 aliphatic rings. The Morgan fingerprint density at radius 2 is 2.38 bits per heavy atom. The lowest BCUT2D eigenvalue weighted by molar-refractivity contribution is 0.238. The molecule has 46 valence electrons. The van der Waals surface area contributed by atoms with Gasteiger partial charge in [-0.3, -0.25) is 0 Å². The van der Waals surface area contributed by atoms with Crippen LogP contribution in [0.25, 0.3) is 0 Å². The molecule has 0 saturated carbocycles. The zero-order valence-corrected chi connectivity index (χ0v) is 5.52. The molecular weight excluding hydrogens is 122 g/mol. The number of aliphatic hydroxyl groups excluding tert-OH is 1. The molecule has 2 nitrogen and oxygen atoms in total. The first-order valence-electron chi connectivity index (χ1n) is 2.25. The average Bonchev–Trinajstić information content (AvgIpc) is 1.69. The van der Waals surface area contributed by atoms with Crippen LogP contribution >= 0.6 is 12.6 Å². The van der Waals surface area contributed by atoms with E-state index in [0.717, 1.165) is 6.21 Å². The number of hydrogen-bond donors (Lipinski definition) is 3. The van der Waals surface area contributed by atoms with E-state index < -0.39 is 6.10 Å². The number of hydrogen-bond acceptors (Lipinski definition) is 3. The molecular formula is C5H9NOS. The summed E-state index contributed by atoms with van der Waals surface area (Å²) in [5.41, 5.74) is 0.522. The zero-order valence-electron chi connectivity index (χ0n) is 4.63. The molecule has 0 aliphatic heterocycles. The predicted octanol–water partition coefficient (Wildman–Crippen LogP) is 0.830. The second kappa shape index (κ2) is 3.69. The van der Waals surface area contributed by atoms with Crippen molar-refractivity contribution in [2.45, 2.75) is 13.0 Å². The molecule has 0 heterocycles. The SMILES string of the molecule is CC(O)/C(C=N)=C/S. The largest absolute Gasteiger partial charge is 0.389 e. The average molecular weight is 131 g/mol. The molecule has 0 fully saturated rings. The van der Waals surface area contributed by atoms with E-state index in [-0.39, 0.29) is 0 Å². The normalized spacial score (nSPS) is 15.6. The van der Waals surface area contributed by atoms with Crippen LogP contribution in [0.1, 0.15) is 6.92 Å². The minimum absolute atomic E-state index is 0.522. The van der Waals surface area contributed by atoms with Crippen LogP contribution in [-0.4, -0.2) is 17.4 Å². The van der Waals surface area contributed by atoms with Crippen molar-refractivity contribution >= 4 is 18.8 Å². The van der Waals surface area contributed by atoms with Crippen LogP contribution in [0.3, 0.4) is 0 Å². The molecule has 0 aromatic heterocycles. The second-order valence-electron chi connectivity index (χ2n) is 1.45. The highest BCUT2D eigenvalue weighted by molar-refractivity contribution is 7.83. The second-order valence-corrected chi connectivity index (χ2v) is 1.71. The Balaban J connectivity index is 3.91. The number of rotatable bonds is 2. The van der Waals surface area contributed by atoms with E-state index in [9.17, 15) is 0 Å². The quantitative estimate of drug-likeness (QED) is 0.377. The molecule has 0 aromatic carbocycles. The van der Waals surface area contributed by atoms with Gasteiger partial charge in [0.2, 0.25) is 0 Å². The van der Waals surface area contributed by atoms with Gasteiger partial charge in [-0.2, -0.15) is 12.6 Å². The van der Waals surface area contributed by atoms with Crippen molar-refractivity contribution in [3.63, 3.8) is 0 Å². The fourth-order valence-electron chi connectivity index (χ4n) is 0.266. The monoisotopic (exact) mass is 131 g/mol. The van der Waals surface area contributed by atoms with Gasteiger partial charge in [0, 0.05) is 11.8 Å². The molecule has 0 amide bonds. The molecule has 0 spiro atoms. The fraction of sp³-hybridized carbons (Fsp3) is 0.400. The summed E-state index contributed by atoms with van der Waals surface area (Å²) in [6, 6.07) is 0. The summed E-state index contributed by atoms with van der Waals surface area (Å²) >= 11 is 3.76. The maximum atomic E-state index is 8.74. The van der Waals surface area contributed by atoms with Gasteiger partial charge < -0.3 is 10.5 Å². The van der Waals surface area contributed by atoms with Crippen LogP contribution in [0, 0.1) is 5.41 Å². The standard InChI is InChI=1S/C5H9NOS/c1-4(7)5(2-6)3-8/h2-4,6-8H,1H3/b5-3+,6-2?. The maximum absolute atomic E-state index is 8.74. The summed E-state index contributed by atoms with van der Waals surface area (Å²) < 4.78 is 0. The third kappa shape index (κ3) is 2.14. The highest BCUT2D eigenvalue weighted by atomic mass is 32.1. The Morgan fingerprint density at radius 3 is 2.38 bits per heavy atom. The lowest BCUT2D eigenvalue weighted by atomic mass is 10.2. The van der Waals surface area contributed by atoms with Crippen molar-refractivity contribution in [3.05, 3.63) is 11.0 Å². The summed E-state index contributed by atoms with van der Waals surface area (Å²) in [5.74, 6) is 0. The van der Waals surface area contributed by atoms with Crippen molar-refractivity contribution in [3.8, 4) is 0 Å². The number of nitrogens with one attached hydrogen (secondary N) is 1. The molecule has 1 atom stereocenters. The van der Waals surface area contributed by atoms with Crippen LogP contribution in [0.4, 0.5) is 0 Å². The highest BCUT2D eigenvalue weighted by Gasteiger charge is 1.96. The Labute approximate surface area is 54.1 Å². The van der Waals surface area contributed by atoms with E-state index >= 15 is 0 Å². The van der Waals surface area contributed by atoms with Crippen LogP contribution in [-0.2, 0) is 0 Å². The third-order valence-corrected chi connectivity index (χ3v) is 1.10. The number of aliphatic hydroxyl groups is 1. The Bertz CT molecular complexity index is 109. The molecule has 0 radical (unpaired) electrons. The van der Waals surface area contributed by atoms with Gasteiger partial charge in [-0.05, 0) is 12.3 Å². The van der Waals surface area contributed by atoms with Gasteiger partial charge in [-0.15, -0.1) is 0 Å². The fourth-order valence-corrected chi connectivity index (χ4v) is 0.556. The summed E-state index contributed by atoms with van der Waals surface area (Å²) in [7, 11) is 0. The van der Waals surface area contributed by atoms with Crippen LogP contribution in [0.15, 0.2) is 11.0 Å². The highest BCUT2D eigenvalue weighted by Crippen LogP contribution is 1.98. The first kappa shape index (κ1) is 7.72. The number of thiol groups is 1. The van der Waals surface area contributed by atoms with E-state index in [2.05, 4.69) is 12.6 Å². The maximum Gasteiger partial charge on any atom is 0.0781 e. The summed E-state index contributed by atoms with van der Waals surface area (Å²) in [6.45, 7) is 1.59. The van der Waals surface area contributed by atoms with Gasteiger partial charge in [0.05, 0.1) is 6.10 Å². The molecule has 2 N–H and O–H groups in total. The smallest absolute Gasteiger partial charge is 0.0781 e. The topological polar surface area (TPSA) is 44.1 Å². The molecule has 1 unspecified atom stereocenters. The van der Waals surface area contributed by atoms with Gasteiger partial charge in [0.1, 0.15) is 0 Å². The molecule has 3 heteroatoms. The van der Waals surface area contributed by atoms with Crippen LogP contribution < -0.4 is 0 Å². The first-order chi connectivity index (χ1) is 3.72. The molecule has 0 bridgehead atoms. The first-order valence-corrected chi connectivity index (χ1v) is 2.76. The molecule has 8 heavy (non-hydrogen) atoms. The minimum Gasteiger partial charge on any atom is -0.389 e. The summed E-state index contributed by atoms with van der Waals surface area (Å²) in [4.78, 5) is 0. The van der Waals surface area contributed by atoms with Crippen molar-refractivity contribution in [1.82, 2.24) is 0 Å². The van der Waals surface area contributed by atoms with E-state index in [1.807, 2.05) is 0 Å². The molecule has 0 rings (SSSR count). The van der Waals surface area contributed by atoms with Crippen LogP contribution in [0.5, 0.6) is 0 Å². The lowest BCUT2D eigenvalue weighted by Crippen LogP contribution is -2.03. The molecule has 0 aromatic rings. The van der Waals surface area contributed by atoms with E-state index in [0.29, 0.717) is 5.57 Å². The zero-order chi connectivity index (χ0) is 6.57. The van der Waals surface area contributed by atoms with Crippen molar-refractivity contribution in [2.24, 2.45) is 0 Å². The van der Waals surface area contributed by atoms with E-state index in [1.165, 1.54) is 5.41 Å². The third-order valence-electron chi connectivity index (χ3n) is 0.798. The van der Waals surface area contributed by atoms with Gasteiger partial charge in [0.15, 0.2) is 0 Å². The van der Waals surface area contributed by atoms with Crippen molar-refractivity contribution < 1.29 is 5.11 Å². The van der Waals surface area contributed by atoms with Crippen molar-refractivity contribution in [2.75, 3.05) is 0 Å². The van der Waals surface area contributed by atoms with Crippen molar-refractivity contribution in [1.29, 1.82) is 5.41 Å². The minimum atomic E-state index is -0.579. The summed E-state index contributed by atoms with van der Waals surface area (Å²) in [6.07, 6.45) is 0.502. The molecule has 0 saturated heterocycles. The van der Waals surface area contributed by atoms with Gasteiger partial charge in [-0.1, -0.05) is 0 Å². The Kier molecular flexibility index (Phi) is 3.56.